The molecule has 0 bridgehead atoms. The van der Waals surface area contributed by atoms with Crippen molar-refractivity contribution in [1.29, 1.82) is 0 Å². The van der Waals surface area contributed by atoms with Crippen LogP contribution in [0, 0.1) is 5.82 Å². The first kappa shape index (κ1) is 35.1. The Balaban J connectivity index is 1.51. The molecule has 1 fully saturated rings. The lowest BCUT2D eigenvalue weighted by Gasteiger charge is -2.24. The van der Waals surface area contributed by atoms with Crippen LogP contribution < -0.4 is 15.4 Å². The summed E-state index contributed by atoms with van der Waals surface area (Å²) in [6.45, 7) is 6.12. The number of alkyl halides is 6. The molecule has 1 aliphatic rings. The highest BCUT2D eigenvalue weighted by atomic mass is 32.1. The van der Waals surface area contributed by atoms with Crippen molar-refractivity contribution in [3.63, 3.8) is 0 Å². The number of fused-ring (bicyclic) bond motifs is 1. The van der Waals surface area contributed by atoms with Crippen molar-refractivity contribution in [3.8, 4) is 5.75 Å². The summed E-state index contributed by atoms with van der Waals surface area (Å²) in [7, 11) is 1.38. The number of methoxy groups -OCH3 is 1. The van der Waals surface area contributed by atoms with E-state index in [0.717, 1.165) is 62.2 Å². The molecule has 1 aliphatic heterocycles. The van der Waals surface area contributed by atoms with Crippen molar-refractivity contribution in [2.45, 2.75) is 57.4 Å². The minimum Gasteiger partial charge on any atom is -0.496 e. The second-order valence-electron chi connectivity index (χ2n) is 11.8. The Labute approximate surface area is 275 Å². The number of hydrogen-bond acceptors (Lipinski definition) is 5. The van der Waals surface area contributed by atoms with Crippen molar-refractivity contribution in [2.24, 2.45) is 0 Å². The highest BCUT2D eigenvalue weighted by molar-refractivity contribution is 7.21. The SMILES string of the molecule is COc1ccc(C2CCCN(C(C)C)CC2)cc1C(=O)Nc1c(C(=O)Nc2ccc(F)c(C(F)(F)F)c2)sc2cc(C(F)(F)F)ccc12. The molecule has 0 saturated carbocycles. The number of hydrogen-bond donors (Lipinski definition) is 2. The second-order valence-corrected chi connectivity index (χ2v) is 12.9. The molecule has 4 aromatic rings. The monoisotopic (exact) mass is 695 g/mol. The molecule has 2 amide bonds. The summed E-state index contributed by atoms with van der Waals surface area (Å²) in [4.78, 5) is 29.4. The van der Waals surface area contributed by atoms with Gasteiger partial charge in [0.2, 0.25) is 0 Å². The zero-order valence-corrected chi connectivity index (χ0v) is 26.9. The molecule has 1 saturated heterocycles. The molecule has 0 aliphatic carbocycles. The molecule has 2 N–H and O–H groups in total. The van der Waals surface area contributed by atoms with Gasteiger partial charge >= 0.3 is 12.4 Å². The van der Waals surface area contributed by atoms with Gasteiger partial charge in [-0.2, -0.15) is 26.3 Å². The van der Waals surface area contributed by atoms with E-state index in [0.29, 0.717) is 29.5 Å². The fourth-order valence-electron chi connectivity index (χ4n) is 5.87. The van der Waals surface area contributed by atoms with E-state index < -0.39 is 46.8 Å². The topological polar surface area (TPSA) is 70.7 Å². The number of benzene rings is 3. The van der Waals surface area contributed by atoms with Gasteiger partial charge in [-0.25, -0.2) is 4.39 Å². The number of carbonyl (C=O) groups is 2. The first-order valence-corrected chi connectivity index (χ1v) is 15.9. The van der Waals surface area contributed by atoms with E-state index in [1.807, 2.05) is 6.07 Å². The molecule has 2 heterocycles. The number of halogens is 7. The van der Waals surface area contributed by atoms with E-state index >= 15 is 0 Å². The van der Waals surface area contributed by atoms with Gasteiger partial charge in [-0.3, -0.25) is 9.59 Å². The molecule has 48 heavy (non-hydrogen) atoms. The number of thiophene rings is 1. The summed E-state index contributed by atoms with van der Waals surface area (Å²) in [6.07, 6.45) is -7.02. The molecule has 0 radical (unpaired) electrons. The highest BCUT2D eigenvalue weighted by Crippen LogP contribution is 2.41. The Hall–Kier alpha value is -4.17. The second kappa shape index (κ2) is 13.7. The van der Waals surface area contributed by atoms with Crippen LogP contribution in [0.4, 0.5) is 42.1 Å². The maximum atomic E-state index is 13.9. The third kappa shape index (κ3) is 7.59. The first-order valence-electron chi connectivity index (χ1n) is 15.1. The lowest BCUT2D eigenvalue weighted by molar-refractivity contribution is -0.140. The zero-order chi connectivity index (χ0) is 35.0. The highest BCUT2D eigenvalue weighted by Gasteiger charge is 2.35. The lowest BCUT2D eigenvalue weighted by Crippen LogP contribution is -2.31. The average molecular weight is 696 g/mol. The third-order valence-electron chi connectivity index (χ3n) is 8.42. The Morgan fingerprint density at radius 1 is 0.896 bits per heavy atom. The Morgan fingerprint density at radius 3 is 2.31 bits per heavy atom. The maximum absolute atomic E-state index is 13.9. The fraction of sp³-hybridized carbons (Fsp3) is 0.353. The van der Waals surface area contributed by atoms with Crippen LogP contribution in [0.15, 0.2) is 54.6 Å². The number of likely N-dealkylation sites (tertiary alicyclic amines) is 1. The van der Waals surface area contributed by atoms with Crippen molar-refractivity contribution in [1.82, 2.24) is 4.90 Å². The molecule has 3 aromatic carbocycles. The van der Waals surface area contributed by atoms with Crippen LogP contribution >= 0.6 is 11.3 Å². The number of amides is 2. The molecule has 256 valence electrons. The van der Waals surface area contributed by atoms with Gasteiger partial charge in [0.1, 0.15) is 16.4 Å². The van der Waals surface area contributed by atoms with Crippen molar-refractivity contribution >= 4 is 44.6 Å². The number of anilines is 2. The molecule has 0 spiro atoms. The van der Waals surface area contributed by atoms with Gasteiger partial charge in [0, 0.05) is 21.8 Å². The first-order chi connectivity index (χ1) is 22.6. The van der Waals surface area contributed by atoms with Gasteiger partial charge in [-0.15, -0.1) is 11.3 Å². The molecule has 1 atom stereocenters. The van der Waals surface area contributed by atoms with Crippen molar-refractivity contribution < 1.29 is 45.1 Å². The summed E-state index contributed by atoms with van der Waals surface area (Å²) in [5.41, 5.74) is -2.12. The van der Waals surface area contributed by atoms with Crippen LogP contribution in [0.1, 0.15) is 75.7 Å². The third-order valence-corrected chi connectivity index (χ3v) is 9.58. The average Bonchev–Trinajstić information content (AvgIpc) is 3.19. The van der Waals surface area contributed by atoms with Gasteiger partial charge < -0.3 is 20.3 Å². The Kier molecular flexibility index (Phi) is 10.1. The van der Waals surface area contributed by atoms with Crippen molar-refractivity contribution in [2.75, 3.05) is 30.8 Å². The van der Waals surface area contributed by atoms with Gasteiger partial charge in [0.25, 0.3) is 11.8 Å². The van der Waals surface area contributed by atoms with E-state index in [1.54, 1.807) is 12.1 Å². The number of ether oxygens (including phenoxy) is 1. The lowest BCUT2D eigenvalue weighted by atomic mass is 9.90. The normalized spacial score (nSPS) is 16.2. The van der Waals surface area contributed by atoms with Crippen LogP contribution in [-0.4, -0.2) is 43.0 Å². The maximum Gasteiger partial charge on any atom is 0.419 e. The summed E-state index contributed by atoms with van der Waals surface area (Å²) in [5, 5.41) is 5.02. The summed E-state index contributed by atoms with van der Waals surface area (Å²) in [5.74, 6) is -2.89. The Bertz CT molecular complexity index is 1840. The van der Waals surface area contributed by atoms with Gasteiger partial charge in [-0.1, -0.05) is 12.1 Å². The molecular formula is C34H32F7N3O3S. The largest absolute Gasteiger partial charge is 0.496 e. The standard InChI is InChI=1S/C34H32F7N3O3S/c1-18(2)44-13-4-5-19(12-14-44)20-6-11-27(47-3)24(15-20)31(45)43-29-23-9-7-21(33(36,37)38)16-28(23)48-30(29)32(46)42-22-8-10-26(35)25(17-22)34(39,40)41/h6-11,15-19H,4-5,12-14H2,1-3H3,(H,42,46)(H,43,45). The molecule has 1 aromatic heterocycles. The minimum absolute atomic E-state index is 0.00533. The molecule has 1 unspecified atom stereocenters. The smallest absolute Gasteiger partial charge is 0.419 e. The minimum atomic E-state index is -5.05. The number of carbonyl (C=O) groups excluding carboxylic acids is 2. The molecular weight excluding hydrogens is 663 g/mol. The predicted octanol–water partition coefficient (Wildman–Crippen LogP) is 9.57. The van der Waals surface area contributed by atoms with E-state index in [1.165, 1.54) is 7.11 Å². The zero-order valence-electron chi connectivity index (χ0n) is 26.1. The van der Waals surface area contributed by atoms with Crippen LogP contribution in [0.5, 0.6) is 5.75 Å². The number of rotatable bonds is 7. The van der Waals surface area contributed by atoms with Crippen molar-refractivity contribution in [3.05, 3.63) is 87.5 Å². The van der Waals surface area contributed by atoms with E-state index in [2.05, 4.69) is 29.4 Å². The summed E-state index contributed by atoms with van der Waals surface area (Å²) in [6, 6.07) is 10.3. The number of nitrogens with zero attached hydrogens (tertiary/aromatic N) is 1. The molecule has 6 nitrogen and oxygen atoms in total. The predicted molar refractivity (Wildman–Crippen MR) is 170 cm³/mol. The van der Waals surface area contributed by atoms with Gasteiger partial charge in [-0.05, 0) is 100 Å². The van der Waals surface area contributed by atoms with Gasteiger partial charge in [0.15, 0.2) is 0 Å². The van der Waals surface area contributed by atoms with Crippen LogP contribution in [0.3, 0.4) is 0 Å². The molecule has 14 heteroatoms. The number of nitrogens with one attached hydrogen (secondary N) is 2. The quantitative estimate of drug-likeness (QED) is 0.189. The van der Waals surface area contributed by atoms with Crippen LogP contribution in [0.2, 0.25) is 0 Å². The molecule has 5 rings (SSSR count). The van der Waals surface area contributed by atoms with Crippen LogP contribution in [-0.2, 0) is 12.4 Å². The van der Waals surface area contributed by atoms with Gasteiger partial charge in [0.05, 0.1) is 29.5 Å². The van der Waals surface area contributed by atoms with E-state index in [-0.39, 0.29) is 37.9 Å². The summed E-state index contributed by atoms with van der Waals surface area (Å²) >= 11 is 0.613. The summed E-state index contributed by atoms with van der Waals surface area (Å²) < 4.78 is 99.9. The fourth-order valence-corrected chi connectivity index (χ4v) is 6.96. The Morgan fingerprint density at radius 2 is 1.65 bits per heavy atom. The van der Waals surface area contributed by atoms with E-state index in [4.69, 9.17) is 4.74 Å². The van der Waals surface area contributed by atoms with Crippen LogP contribution in [0.25, 0.3) is 10.1 Å². The van der Waals surface area contributed by atoms with E-state index in [9.17, 15) is 40.3 Å².